The van der Waals surface area contributed by atoms with E-state index in [1.807, 2.05) is 18.3 Å². The van der Waals surface area contributed by atoms with E-state index in [4.69, 9.17) is 9.26 Å². The largest absolute Gasteiger partial charge is 0.381 e. The highest BCUT2D eigenvalue weighted by atomic mass is 16.5. The third kappa shape index (κ3) is 3.08. The van der Waals surface area contributed by atoms with Gasteiger partial charge in [0.2, 0.25) is 5.89 Å². The van der Waals surface area contributed by atoms with Crippen LogP contribution in [0.25, 0.3) is 0 Å². The average molecular weight is 330 g/mol. The molecule has 2 fully saturated rings. The van der Waals surface area contributed by atoms with E-state index in [1.54, 1.807) is 6.92 Å². The van der Waals surface area contributed by atoms with Crippen LogP contribution in [0.2, 0.25) is 0 Å². The third-order valence-electron chi connectivity index (χ3n) is 4.79. The van der Waals surface area contributed by atoms with Crippen LogP contribution in [-0.4, -0.2) is 33.8 Å². The van der Waals surface area contributed by atoms with Gasteiger partial charge in [0, 0.05) is 25.5 Å². The summed E-state index contributed by atoms with van der Waals surface area (Å²) in [6, 6.07) is 3.99. The number of aromatic nitrogens is 3. The van der Waals surface area contributed by atoms with Gasteiger partial charge in [0.25, 0.3) is 5.91 Å². The zero-order valence-corrected chi connectivity index (χ0v) is 13.8. The number of nitrogens with zero attached hydrogens (tertiary/aromatic N) is 3. The molecule has 128 valence electrons. The van der Waals surface area contributed by atoms with Gasteiger partial charge in [-0.2, -0.15) is 4.98 Å². The summed E-state index contributed by atoms with van der Waals surface area (Å²) in [6.45, 7) is 3.18. The van der Waals surface area contributed by atoms with Crippen LogP contribution in [0.3, 0.4) is 0 Å². The molecule has 1 amide bonds. The molecule has 1 atom stereocenters. The summed E-state index contributed by atoms with van der Waals surface area (Å²) in [5, 5.41) is 7.01. The summed E-state index contributed by atoms with van der Waals surface area (Å²) in [5.41, 5.74) is 0.700. The quantitative estimate of drug-likeness (QED) is 0.910. The van der Waals surface area contributed by atoms with E-state index < -0.39 is 0 Å². The molecule has 0 radical (unpaired) electrons. The molecule has 4 rings (SSSR count). The smallest absolute Gasteiger partial charge is 0.268 e. The molecule has 7 heteroatoms. The number of aryl methyl sites for hydroxylation is 1. The van der Waals surface area contributed by atoms with Crippen LogP contribution < -0.4 is 5.32 Å². The lowest BCUT2D eigenvalue weighted by Crippen LogP contribution is -2.37. The summed E-state index contributed by atoms with van der Waals surface area (Å²) in [7, 11) is 0. The average Bonchev–Trinajstić information content (AvgIpc) is 3.16. The zero-order valence-electron chi connectivity index (χ0n) is 13.8. The molecule has 1 saturated heterocycles. The molecule has 0 aromatic carbocycles. The number of ether oxygens (including phenoxy) is 1. The van der Waals surface area contributed by atoms with Crippen LogP contribution in [0.15, 0.2) is 22.9 Å². The summed E-state index contributed by atoms with van der Waals surface area (Å²) in [4.78, 5) is 17.2. The van der Waals surface area contributed by atoms with Gasteiger partial charge in [-0.15, -0.1) is 0 Å². The number of carbonyl (C=O) groups excluding carboxylic acids is 1. The molecular weight excluding hydrogens is 308 g/mol. The predicted octanol–water partition coefficient (Wildman–Crippen LogP) is 2.41. The summed E-state index contributed by atoms with van der Waals surface area (Å²) >= 11 is 0. The Morgan fingerprint density at radius 3 is 2.79 bits per heavy atom. The predicted molar refractivity (Wildman–Crippen MR) is 85.5 cm³/mol. The van der Waals surface area contributed by atoms with Gasteiger partial charge in [-0.3, -0.25) is 4.79 Å². The van der Waals surface area contributed by atoms with E-state index >= 15 is 0 Å². The second-order valence-corrected chi connectivity index (χ2v) is 6.61. The van der Waals surface area contributed by atoms with Crippen molar-refractivity contribution >= 4 is 5.91 Å². The fourth-order valence-corrected chi connectivity index (χ4v) is 3.34. The minimum absolute atomic E-state index is 0.0840. The topological polar surface area (TPSA) is 82.2 Å². The van der Waals surface area contributed by atoms with Crippen molar-refractivity contribution in [1.29, 1.82) is 0 Å². The Morgan fingerprint density at radius 1 is 1.33 bits per heavy atom. The van der Waals surface area contributed by atoms with E-state index in [-0.39, 0.29) is 17.9 Å². The molecule has 0 unspecified atom stereocenters. The lowest BCUT2D eigenvalue weighted by molar-refractivity contribution is 0.0466. The Hall–Kier alpha value is -2.15. The lowest BCUT2D eigenvalue weighted by Gasteiger charge is -2.28. The van der Waals surface area contributed by atoms with Crippen LogP contribution in [0.5, 0.6) is 0 Å². The molecular formula is C17H22N4O3. The highest BCUT2D eigenvalue weighted by Crippen LogP contribution is 2.36. The van der Waals surface area contributed by atoms with Crippen molar-refractivity contribution in [3.63, 3.8) is 0 Å². The highest BCUT2D eigenvalue weighted by molar-refractivity contribution is 5.93. The number of nitrogens with one attached hydrogen (secondary N) is 1. The number of rotatable bonds is 5. The van der Waals surface area contributed by atoms with Gasteiger partial charge in [0.15, 0.2) is 5.82 Å². The monoisotopic (exact) mass is 330 g/mol. The second-order valence-electron chi connectivity index (χ2n) is 6.61. The van der Waals surface area contributed by atoms with Gasteiger partial charge in [-0.05, 0) is 50.7 Å². The van der Waals surface area contributed by atoms with Crippen LogP contribution in [0, 0.1) is 12.8 Å². The van der Waals surface area contributed by atoms with Crippen molar-refractivity contribution in [1.82, 2.24) is 20.0 Å². The maximum atomic E-state index is 12.8. The van der Waals surface area contributed by atoms with Crippen LogP contribution in [0.4, 0.5) is 0 Å². The van der Waals surface area contributed by atoms with Gasteiger partial charge in [0.1, 0.15) is 11.7 Å². The van der Waals surface area contributed by atoms with Crippen LogP contribution in [-0.2, 0) is 4.74 Å². The molecule has 0 bridgehead atoms. The number of amides is 1. The molecule has 7 nitrogen and oxygen atoms in total. The van der Waals surface area contributed by atoms with Gasteiger partial charge in [-0.1, -0.05) is 5.16 Å². The van der Waals surface area contributed by atoms with Crippen LogP contribution in [0.1, 0.15) is 60.0 Å². The van der Waals surface area contributed by atoms with Gasteiger partial charge < -0.3 is 19.1 Å². The number of hydrogen-bond acceptors (Lipinski definition) is 5. The Morgan fingerprint density at radius 2 is 2.12 bits per heavy atom. The van der Waals surface area contributed by atoms with Crippen LogP contribution >= 0.6 is 0 Å². The van der Waals surface area contributed by atoms with Gasteiger partial charge in [0.05, 0.1) is 0 Å². The molecule has 24 heavy (non-hydrogen) atoms. The van der Waals surface area contributed by atoms with Crippen molar-refractivity contribution in [2.24, 2.45) is 5.92 Å². The summed E-state index contributed by atoms with van der Waals surface area (Å²) in [5.74, 6) is 1.22. The molecule has 1 N–H and O–H groups in total. The highest BCUT2D eigenvalue weighted by Gasteiger charge is 2.33. The van der Waals surface area contributed by atoms with Gasteiger partial charge in [-0.25, -0.2) is 0 Å². The Balaban J connectivity index is 1.56. The second kappa shape index (κ2) is 6.39. The van der Waals surface area contributed by atoms with E-state index in [2.05, 4.69) is 20.0 Å². The number of carbonyl (C=O) groups is 1. The molecule has 2 aromatic rings. The van der Waals surface area contributed by atoms with E-state index in [9.17, 15) is 4.79 Å². The SMILES string of the molecule is Cc1noc([C@H](NC(=O)c2cccn2C2CC2)C2CCOCC2)n1. The fraction of sp³-hybridized carbons (Fsp3) is 0.588. The number of hydrogen-bond donors (Lipinski definition) is 1. The summed E-state index contributed by atoms with van der Waals surface area (Å²) in [6.07, 6.45) is 6.00. The standard InChI is InChI=1S/C17H22N4O3/c1-11-18-17(24-20-11)15(12-6-9-23-10-7-12)19-16(22)14-3-2-8-21(14)13-4-5-13/h2-3,8,12-13,15H,4-7,9-10H2,1H3,(H,19,22)/t15-/m1/s1. The normalized spacial score (nSPS) is 20.0. The Bertz CT molecular complexity index is 713. The summed E-state index contributed by atoms with van der Waals surface area (Å²) < 4.78 is 12.9. The Labute approximate surface area is 140 Å². The first-order valence-electron chi connectivity index (χ1n) is 8.58. The van der Waals surface area contributed by atoms with Crippen molar-refractivity contribution in [2.75, 3.05) is 13.2 Å². The molecule has 0 spiro atoms. The lowest BCUT2D eigenvalue weighted by atomic mass is 9.91. The molecule has 3 heterocycles. The van der Waals surface area contributed by atoms with Crippen molar-refractivity contribution in [3.05, 3.63) is 35.7 Å². The maximum Gasteiger partial charge on any atom is 0.268 e. The first-order chi connectivity index (χ1) is 11.7. The molecule has 1 saturated carbocycles. The molecule has 1 aliphatic heterocycles. The maximum absolute atomic E-state index is 12.8. The van der Waals surface area contributed by atoms with Crippen molar-refractivity contribution < 1.29 is 14.1 Å². The molecule has 1 aliphatic carbocycles. The van der Waals surface area contributed by atoms with Crippen molar-refractivity contribution in [3.8, 4) is 0 Å². The van der Waals surface area contributed by atoms with E-state index in [1.165, 1.54) is 0 Å². The first kappa shape index (κ1) is 15.4. The third-order valence-corrected chi connectivity index (χ3v) is 4.79. The van der Waals surface area contributed by atoms with Crippen molar-refractivity contribution in [2.45, 2.75) is 44.7 Å². The van der Waals surface area contributed by atoms with E-state index in [0.29, 0.717) is 36.7 Å². The van der Waals surface area contributed by atoms with Gasteiger partial charge >= 0.3 is 0 Å². The fourth-order valence-electron chi connectivity index (χ4n) is 3.34. The molecule has 2 aliphatic rings. The minimum atomic E-state index is -0.273. The molecule has 2 aromatic heterocycles. The first-order valence-corrected chi connectivity index (χ1v) is 8.58. The minimum Gasteiger partial charge on any atom is -0.381 e. The van der Waals surface area contributed by atoms with E-state index in [0.717, 1.165) is 25.7 Å². The zero-order chi connectivity index (χ0) is 16.5. The Kier molecular flexibility index (Phi) is 4.10.